The van der Waals surface area contributed by atoms with Crippen LogP contribution >= 0.6 is 0 Å². The van der Waals surface area contributed by atoms with E-state index in [1.165, 1.54) is 51.9 Å². The van der Waals surface area contributed by atoms with Crippen LogP contribution in [0, 0.1) is 11.8 Å². The summed E-state index contributed by atoms with van der Waals surface area (Å²) >= 11 is 0. The van der Waals surface area contributed by atoms with Crippen LogP contribution in [0.25, 0.3) is 0 Å². The molecular weight excluding hydrogens is 160 g/mol. The first-order chi connectivity index (χ1) is 6.42. The number of fused-ring (bicyclic) bond motifs is 3. The maximum Gasteiger partial charge on any atom is 0.00957 e. The molecule has 0 spiro atoms. The predicted molar refractivity (Wildman–Crippen MR) is 53.7 cm³/mol. The first-order valence-electron chi connectivity index (χ1n) is 5.86. The van der Waals surface area contributed by atoms with E-state index in [1.807, 2.05) is 0 Å². The Hall–Kier alpha value is -0.0800. The Kier molecular flexibility index (Phi) is 2.06. The van der Waals surface area contributed by atoms with E-state index in [-0.39, 0.29) is 0 Å². The van der Waals surface area contributed by atoms with Crippen molar-refractivity contribution in [1.82, 2.24) is 10.2 Å². The van der Waals surface area contributed by atoms with Crippen LogP contribution in [-0.4, -0.2) is 37.1 Å². The largest absolute Gasteiger partial charge is 0.316 e. The quantitative estimate of drug-likeness (QED) is 0.684. The fourth-order valence-corrected chi connectivity index (χ4v) is 3.21. The van der Waals surface area contributed by atoms with Crippen molar-refractivity contribution in [1.29, 1.82) is 0 Å². The fourth-order valence-electron chi connectivity index (χ4n) is 3.21. The minimum Gasteiger partial charge on any atom is -0.316 e. The van der Waals surface area contributed by atoms with Crippen LogP contribution in [-0.2, 0) is 0 Å². The van der Waals surface area contributed by atoms with Gasteiger partial charge in [0.2, 0.25) is 0 Å². The number of rotatable bonds is 2. The fraction of sp³-hybridized carbons (Fsp3) is 1.00. The Morgan fingerprint density at radius 1 is 1.08 bits per heavy atom. The monoisotopic (exact) mass is 180 g/mol. The minimum atomic E-state index is 0.964. The van der Waals surface area contributed by atoms with Crippen LogP contribution < -0.4 is 5.32 Å². The summed E-state index contributed by atoms with van der Waals surface area (Å²) in [6.07, 6.45) is 6.02. The molecule has 2 heteroatoms. The molecule has 0 atom stereocenters. The lowest BCUT2D eigenvalue weighted by atomic mass is 9.79. The highest BCUT2D eigenvalue weighted by Crippen LogP contribution is 2.35. The summed E-state index contributed by atoms with van der Waals surface area (Å²) in [5.74, 6) is 2.03. The maximum absolute atomic E-state index is 3.37. The van der Waals surface area contributed by atoms with Gasteiger partial charge in [-0.3, -0.25) is 4.90 Å². The van der Waals surface area contributed by atoms with E-state index in [9.17, 15) is 0 Å². The molecule has 4 aliphatic rings. The molecule has 0 aromatic heterocycles. The number of piperidine rings is 2. The third kappa shape index (κ3) is 1.50. The highest BCUT2D eigenvalue weighted by atomic mass is 15.2. The molecule has 4 rings (SSSR count). The van der Waals surface area contributed by atoms with Crippen LogP contribution in [0.2, 0.25) is 0 Å². The van der Waals surface area contributed by atoms with Crippen molar-refractivity contribution in [3.8, 4) is 0 Å². The van der Waals surface area contributed by atoms with Gasteiger partial charge in [-0.1, -0.05) is 0 Å². The summed E-state index contributed by atoms with van der Waals surface area (Å²) in [6, 6.07) is 0.964. The SMILES string of the molecule is C1CC2CCC1CN2CC1CNC1. The van der Waals surface area contributed by atoms with E-state index >= 15 is 0 Å². The molecule has 0 aromatic rings. The van der Waals surface area contributed by atoms with Gasteiger partial charge < -0.3 is 5.32 Å². The number of nitrogens with zero attached hydrogens (tertiary/aromatic N) is 1. The number of nitrogens with one attached hydrogen (secondary N) is 1. The normalized spacial score (nSPS) is 40.6. The van der Waals surface area contributed by atoms with E-state index in [0.717, 1.165) is 17.9 Å². The molecule has 0 radical (unpaired) electrons. The molecule has 0 amide bonds. The molecule has 1 N–H and O–H groups in total. The van der Waals surface area contributed by atoms with Crippen LogP contribution in [0.3, 0.4) is 0 Å². The molecule has 1 saturated carbocycles. The van der Waals surface area contributed by atoms with E-state index in [0.29, 0.717) is 0 Å². The molecule has 2 nitrogen and oxygen atoms in total. The maximum atomic E-state index is 3.37. The Balaban J connectivity index is 1.58. The lowest BCUT2D eigenvalue weighted by molar-refractivity contribution is 0.0294. The summed E-state index contributed by atoms with van der Waals surface area (Å²) in [5.41, 5.74) is 0. The second-order valence-electron chi connectivity index (χ2n) is 5.15. The molecule has 0 aromatic carbocycles. The van der Waals surface area contributed by atoms with Gasteiger partial charge in [-0.05, 0) is 37.5 Å². The van der Waals surface area contributed by atoms with E-state index < -0.39 is 0 Å². The number of hydrogen-bond acceptors (Lipinski definition) is 2. The Morgan fingerprint density at radius 2 is 1.85 bits per heavy atom. The van der Waals surface area contributed by atoms with Gasteiger partial charge in [-0.2, -0.15) is 0 Å². The van der Waals surface area contributed by atoms with Crippen molar-refractivity contribution in [3.05, 3.63) is 0 Å². The summed E-state index contributed by atoms with van der Waals surface area (Å²) < 4.78 is 0. The molecule has 4 fully saturated rings. The van der Waals surface area contributed by atoms with Crippen LogP contribution in [0.1, 0.15) is 25.7 Å². The predicted octanol–water partition coefficient (Wildman–Crippen LogP) is 1.08. The van der Waals surface area contributed by atoms with Gasteiger partial charge in [0.1, 0.15) is 0 Å². The Morgan fingerprint density at radius 3 is 2.31 bits per heavy atom. The Bertz CT molecular complexity index is 181. The third-order valence-electron chi connectivity index (χ3n) is 4.18. The topological polar surface area (TPSA) is 15.3 Å². The summed E-state index contributed by atoms with van der Waals surface area (Å²) in [5, 5.41) is 3.37. The second kappa shape index (κ2) is 3.25. The lowest BCUT2D eigenvalue weighted by Gasteiger charge is -2.47. The molecule has 13 heavy (non-hydrogen) atoms. The van der Waals surface area contributed by atoms with Gasteiger partial charge in [0.15, 0.2) is 0 Å². The zero-order valence-corrected chi connectivity index (χ0v) is 8.34. The highest BCUT2D eigenvalue weighted by molar-refractivity contribution is 4.90. The van der Waals surface area contributed by atoms with Crippen molar-refractivity contribution in [3.63, 3.8) is 0 Å². The van der Waals surface area contributed by atoms with Crippen LogP contribution in [0.15, 0.2) is 0 Å². The molecule has 2 bridgehead atoms. The van der Waals surface area contributed by atoms with Gasteiger partial charge in [0.05, 0.1) is 0 Å². The smallest absolute Gasteiger partial charge is 0.00957 e. The molecular formula is C11H20N2. The zero-order chi connectivity index (χ0) is 8.67. The molecule has 74 valence electrons. The standard InChI is InChI=1S/C11H20N2/c1-3-11-4-2-9(1)7-13(11)8-10-5-12-6-10/h9-12H,1-8H2. The number of hydrogen-bond donors (Lipinski definition) is 1. The van der Waals surface area contributed by atoms with Gasteiger partial charge in [0, 0.05) is 32.2 Å². The lowest BCUT2D eigenvalue weighted by Crippen LogP contribution is -2.54. The van der Waals surface area contributed by atoms with Crippen molar-refractivity contribution in [2.24, 2.45) is 11.8 Å². The molecule has 0 unspecified atom stereocenters. The van der Waals surface area contributed by atoms with E-state index in [2.05, 4.69) is 10.2 Å². The van der Waals surface area contributed by atoms with Gasteiger partial charge in [-0.25, -0.2) is 0 Å². The second-order valence-corrected chi connectivity index (χ2v) is 5.15. The van der Waals surface area contributed by atoms with Crippen molar-refractivity contribution >= 4 is 0 Å². The van der Waals surface area contributed by atoms with Crippen molar-refractivity contribution in [2.75, 3.05) is 26.2 Å². The third-order valence-corrected chi connectivity index (χ3v) is 4.18. The molecule has 3 aliphatic heterocycles. The van der Waals surface area contributed by atoms with Crippen LogP contribution in [0.4, 0.5) is 0 Å². The average molecular weight is 180 g/mol. The summed E-state index contributed by atoms with van der Waals surface area (Å²) in [7, 11) is 0. The molecule has 1 aliphatic carbocycles. The van der Waals surface area contributed by atoms with Crippen LogP contribution in [0.5, 0.6) is 0 Å². The first-order valence-corrected chi connectivity index (χ1v) is 5.86. The zero-order valence-electron chi connectivity index (χ0n) is 8.34. The highest BCUT2D eigenvalue weighted by Gasteiger charge is 2.35. The van der Waals surface area contributed by atoms with Gasteiger partial charge >= 0.3 is 0 Å². The minimum absolute atomic E-state index is 0.964. The summed E-state index contributed by atoms with van der Waals surface area (Å²) in [4.78, 5) is 2.78. The Labute approximate surface area is 80.7 Å². The average Bonchev–Trinajstić information content (AvgIpc) is 2.14. The van der Waals surface area contributed by atoms with Gasteiger partial charge in [0.25, 0.3) is 0 Å². The molecule has 3 heterocycles. The van der Waals surface area contributed by atoms with E-state index in [1.54, 1.807) is 0 Å². The first kappa shape index (κ1) is 8.25. The van der Waals surface area contributed by atoms with Gasteiger partial charge in [-0.15, -0.1) is 0 Å². The van der Waals surface area contributed by atoms with Crippen molar-refractivity contribution < 1.29 is 0 Å². The molecule has 3 saturated heterocycles. The summed E-state index contributed by atoms with van der Waals surface area (Å²) in [6.45, 7) is 5.34. The van der Waals surface area contributed by atoms with Crippen molar-refractivity contribution in [2.45, 2.75) is 31.7 Å². The van der Waals surface area contributed by atoms with E-state index in [4.69, 9.17) is 0 Å².